The van der Waals surface area contributed by atoms with Crippen LogP contribution in [0.3, 0.4) is 0 Å². The van der Waals surface area contributed by atoms with Crippen molar-refractivity contribution in [3.63, 3.8) is 0 Å². The van der Waals surface area contributed by atoms with Gasteiger partial charge in [0, 0.05) is 11.1 Å². The summed E-state index contributed by atoms with van der Waals surface area (Å²) in [5.41, 5.74) is 17.2. The van der Waals surface area contributed by atoms with Gasteiger partial charge < -0.3 is 0 Å². The Morgan fingerprint density at radius 2 is 1.10 bits per heavy atom. The highest BCUT2D eigenvalue weighted by atomic mass is 15.0. The normalized spacial score (nSPS) is 13.0. The van der Waals surface area contributed by atoms with E-state index < -0.39 is 0 Å². The standard InChI is InChI=1S/C57H47N3/c1-5-7-11-19-41(4)55-58-56(45-23-14-10-15-24-45)60-57(59-55)49-28-18-26-47(36-49)52-38-50(44-33-31-43(32-34-44)42-21-12-9-13-22-42)37-51(39-52)46-25-17-27-48(35-46)54-30-16-20-40(3)53(54)29-8-6-2/h5-16,18-26,28-39H,1-2,17,27H2,3-4H3/b11-7-,29-8-,41-19+. The second kappa shape index (κ2) is 18.4. The quantitative estimate of drug-likeness (QED) is 0.116. The zero-order valence-corrected chi connectivity index (χ0v) is 34.2. The molecule has 0 spiro atoms. The summed E-state index contributed by atoms with van der Waals surface area (Å²) >= 11 is 0. The van der Waals surface area contributed by atoms with E-state index in [1.807, 2.05) is 67.6 Å². The van der Waals surface area contributed by atoms with Gasteiger partial charge >= 0.3 is 0 Å². The largest absolute Gasteiger partial charge is 0.209 e. The Hall–Kier alpha value is -7.49. The zero-order chi connectivity index (χ0) is 41.3. The monoisotopic (exact) mass is 773 g/mol. The first kappa shape index (κ1) is 39.3. The van der Waals surface area contributed by atoms with Crippen molar-refractivity contribution in [2.75, 3.05) is 0 Å². The maximum absolute atomic E-state index is 5.04. The smallest absolute Gasteiger partial charge is 0.164 e. The summed E-state index contributed by atoms with van der Waals surface area (Å²) in [6, 6.07) is 51.7. The van der Waals surface area contributed by atoms with E-state index in [9.17, 15) is 0 Å². The number of aromatic nitrogens is 3. The van der Waals surface area contributed by atoms with E-state index >= 15 is 0 Å². The molecule has 1 aliphatic carbocycles. The lowest BCUT2D eigenvalue weighted by Crippen LogP contribution is -2.02. The average Bonchev–Trinajstić information content (AvgIpc) is 3.31. The summed E-state index contributed by atoms with van der Waals surface area (Å²) in [5, 5.41) is 0. The third kappa shape index (κ3) is 8.97. The third-order valence-corrected chi connectivity index (χ3v) is 10.8. The first-order valence-corrected chi connectivity index (χ1v) is 20.5. The van der Waals surface area contributed by atoms with Gasteiger partial charge in [0.05, 0.1) is 0 Å². The van der Waals surface area contributed by atoms with Crippen molar-refractivity contribution < 1.29 is 0 Å². The molecule has 290 valence electrons. The number of hydrogen-bond acceptors (Lipinski definition) is 3. The van der Waals surface area contributed by atoms with Gasteiger partial charge in [-0.05, 0) is 123 Å². The van der Waals surface area contributed by atoms with Crippen LogP contribution in [0.2, 0.25) is 0 Å². The fourth-order valence-corrected chi connectivity index (χ4v) is 7.66. The molecule has 0 saturated heterocycles. The number of rotatable bonds is 12. The molecule has 0 atom stereocenters. The van der Waals surface area contributed by atoms with Crippen LogP contribution in [0.15, 0.2) is 207 Å². The van der Waals surface area contributed by atoms with Crippen LogP contribution >= 0.6 is 0 Å². The lowest BCUT2D eigenvalue weighted by molar-refractivity contribution is 1.03. The molecule has 1 heterocycles. The van der Waals surface area contributed by atoms with Crippen molar-refractivity contribution in [1.29, 1.82) is 0 Å². The van der Waals surface area contributed by atoms with E-state index in [2.05, 4.69) is 154 Å². The van der Waals surface area contributed by atoms with Gasteiger partial charge in [-0.2, -0.15) is 0 Å². The summed E-state index contributed by atoms with van der Waals surface area (Å²) in [6.07, 6.45) is 20.4. The SMILES string of the molecule is C=C/C=C\C=C(/C)c1nc(-c2ccccc2)nc(-c2cccc(-c3cc(C4=CCCC(c5cccc(C)c5/C=C\C=C)=C4)cc(-c4ccc(-c5ccccc5)cc4)c3)c2)n1. The topological polar surface area (TPSA) is 38.7 Å². The number of nitrogens with zero attached hydrogens (tertiary/aromatic N) is 3. The molecule has 1 aromatic heterocycles. The zero-order valence-electron chi connectivity index (χ0n) is 34.2. The summed E-state index contributed by atoms with van der Waals surface area (Å²) in [7, 11) is 0. The van der Waals surface area contributed by atoms with Gasteiger partial charge in [-0.1, -0.05) is 189 Å². The Kier molecular flexibility index (Phi) is 12.1. The van der Waals surface area contributed by atoms with E-state index in [0.717, 1.165) is 51.8 Å². The van der Waals surface area contributed by atoms with Crippen molar-refractivity contribution in [1.82, 2.24) is 15.0 Å². The Bertz CT molecular complexity index is 2830. The van der Waals surface area contributed by atoms with Crippen LogP contribution in [0, 0.1) is 6.92 Å². The molecular formula is C57H47N3. The van der Waals surface area contributed by atoms with Crippen LogP contribution in [0.25, 0.3) is 79.0 Å². The first-order chi connectivity index (χ1) is 29.5. The van der Waals surface area contributed by atoms with Gasteiger partial charge in [0.2, 0.25) is 0 Å². The number of aryl methyl sites for hydroxylation is 1. The van der Waals surface area contributed by atoms with E-state index in [4.69, 9.17) is 15.0 Å². The molecule has 0 saturated carbocycles. The highest BCUT2D eigenvalue weighted by Gasteiger charge is 2.17. The van der Waals surface area contributed by atoms with Crippen molar-refractivity contribution in [3.8, 4) is 56.2 Å². The predicted octanol–water partition coefficient (Wildman–Crippen LogP) is 15.1. The van der Waals surface area contributed by atoms with Crippen LogP contribution in [0.5, 0.6) is 0 Å². The molecule has 7 aromatic rings. The molecule has 0 amide bonds. The Morgan fingerprint density at radius 1 is 0.533 bits per heavy atom. The van der Waals surface area contributed by atoms with Gasteiger partial charge in [-0.15, -0.1) is 0 Å². The highest BCUT2D eigenvalue weighted by molar-refractivity contribution is 5.91. The van der Waals surface area contributed by atoms with Crippen LogP contribution in [0.1, 0.15) is 47.8 Å². The molecule has 0 bridgehead atoms. The molecule has 8 rings (SSSR count). The van der Waals surface area contributed by atoms with Crippen LogP contribution in [-0.4, -0.2) is 15.0 Å². The second-order valence-electron chi connectivity index (χ2n) is 15.0. The molecule has 0 radical (unpaired) electrons. The van der Waals surface area contributed by atoms with Crippen molar-refractivity contribution in [2.45, 2.75) is 26.7 Å². The highest BCUT2D eigenvalue weighted by Crippen LogP contribution is 2.38. The molecule has 0 unspecified atom stereocenters. The first-order valence-electron chi connectivity index (χ1n) is 20.5. The van der Waals surface area contributed by atoms with E-state index in [1.165, 1.54) is 44.5 Å². The van der Waals surface area contributed by atoms with Crippen molar-refractivity contribution in [2.24, 2.45) is 0 Å². The lowest BCUT2D eigenvalue weighted by Gasteiger charge is -2.19. The van der Waals surface area contributed by atoms with E-state index in [-0.39, 0.29) is 0 Å². The molecule has 60 heavy (non-hydrogen) atoms. The minimum atomic E-state index is 0.621. The van der Waals surface area contributed by atoms with Crippen LogP contribution in [0.4, 0.5) is 0 Å². The van der Waals surface area contributed by atoms with Crippen LogP contribution < -0.4 is 0 Å². The van der Waals surface area contributed by atoms with Gasteiger partial charge in [-0.25, -0.2) is 15.0 Å². The Morgan fingerprint density at radius 3 is 1.82 bits per heavy atom. The third-order valence-electron chi connectivity index (χ3n) is 10.8. The molecule has 1 aliphatic rings. The van der Waals surface area contributed by atoms with Gasteiger partial charge in [0.1, 0.15) is 0 Å². The van der Waals surface area contributed by atoms with Crippen molar-refractivity contribution >= 4 is 22.8 Å². The molecule has 0 N–H and O–H groups in total. The number of benzene rings is 6. The molecule has 3 heteroatoms. The summed E-state index contributed by atoms with van der Waals surface area (Å²) in [5.74, 6) is 1.88. The summed E-state index contributed by atoms with van der Waals surface area (Å²) in [4.78, 5) is 15.0. The molecular weight excluding hydrogens is 727 g/mol. The fourth-order valence-electron chi connectivity index (χ4n) is 7.66. The minimum Gasteiger partial charge on any atom is -0.209 e. The molecule has 6 aromatic carbocycles. The minimum absolute atomic E-state index is 0.621. The maximum atomic E-state index is 5.04. The Balaban J connectivity index is 1.25. The fraction of sp³-hybridized carbons (Fsp3) is 0.0702. The Labute approximate surface area is 354 Å². The molecule has 0 fully saturated rings. The average molecular weight is 774 g/mol. The van der Waals surface area contributed by atoms with Gasteiger partial charge in [-0.3, -0.25) is 0 Å². The van der Waals surface area contributed by atoms with Crippen molar-refractivity contribution in [3.05, 3.63) is 235 Å². The number of allylic oxidation sites excluding steroid dienone is 11. The molecule has 0 aliphatic heterocycles. The maximum Gasteiger partial charge on any atom is 0.164 e. The summed E-state index contributed by atoms with van der Waals surface area (Å²) in [6.45, 7) is 11.9. The van der Waals surface area contributed by atoms with Gasteiger partial charge in [0.25, 0.3) is 0 Å². The summed E-state index contributed by atoms with van der Waals surface area (Å²) < 4.78 is 0. The second-order valence-corrected chi connectivity index (χ2v) is 15.0. The van der Waals surface area contributed by atoms with Gasteiger partial charge in [0.15, 0.2) is 17.5 Å². The number of hydrogen-bond donors (Lipinski definition) is 0. The van der Waals surface area contributed by atoms with Crippen LogP contribution in [-0.2, 0) is 0 Å². The molecule has 3 nitrogen and oxygen atoms in total. The van der Waals surface area contributed by atoms with E-state index in [0.29, 0.717) is 17.5 Å². The van der Waals surface area contributed by atoms with E-state index in [1.54, 1.807) is 6.08 Å². The lowest BCUT2D eigenvalue weighted by atomic mass is 9.85. The predicted molar refractivity (Wildman–Crippen MR) is 256 cm³/mol.